The molecule has 5 heteroatoms. The van der Waals surface area contributed by atoms with Crippen molar-refractivity contribution in [2.45, 2.75) is 77.0 Å². The van der Waals surface area contributed by atoms with Crippen molar-refractivity contribution in [3.63, 3.8) is 0 Å². The SMILES string of the molecule is Br.CCCCCCCCCCCCNC(O)(O)CO. The molecule has 0 saturated heterocycles. The van der Waals surface area contributed by atoms with Crippen LogP contribution in [-0.4, -0.2) is 34.4 Å². The van der Waals surface area contributed by atoms with Crippen LogP contribution >= 0.6 is 17.0 Å². The molecule has 0 bridgehead atoms. The van der Waals surface area contributed by atoms with Crippen molar-refractivity contribution in [1.29, 1.82) is 0 Å². The summed E-state index contributed by atoms with van der Waals surface area (Å²) in [7, 11) is 0. The maximum absolute atomic E-state index is 9.06. The largest absolute Gasteiger partial charge is 0.389 e. The highest BCUT2D eigenvalue weighted by atomic mass is 79.9. The third-order valence-electron chi connectivity index (χ3n) is 3.16. The minimum atomic E-state index is -2.11. The zero-order valence-corrected chi connectivity index (χ0v) is 13.9. The lowest BCUT2D eigenvalue weighted by Gasteiger charge is -2.19. The van der Waals surface area contributed by atoms with Crippen LogP contribution in [0.3, 0.4) is 0 Å². The maximum Gasteiger partial charge on any atom is 0.246 e. The molecule has 0 aliphatic heterocycles. The third kappa shape index (κ3) is 16.3. The summed E-state index contributed by atoms with van der Waals surface area (Å²) >= 11 is 0. The highest BCUT2D eigenvalue weighted by Gasteiger charge is 2.19. The summed E-state index contributed by atoms with van der Waals surface area (Å²) in [5.74, 6) is -2.11. The zero-order valence-electron chi connectivity index (χ0n) is 12.2. The van der Waals surface area contributed by atoms with Crippen molar-refractivity contribution in [3.8, 4) is 0 Å². The molecule has 0 aromatic heterocycles. The molecular weight excluding hydrogens is 310 g/mol. The second-order valence-electron chi connectivity index (χ2n) is 5.08. The van der Waals surface area contributed by atoms with E-state index in [0.29, 0.717) is 6.54 Å². The predicted octanol–water partition coefficient (Wildman–Crippen LogP) is 2.71. The van der Waals surface area contributed by atoms with Gasteiger partial charge < -0.3 is 15.3 Å². The molecule has 0 spiro atoms. The molecule has 0 fully saturated rings. The lowest BCUT2D eigenvalue weighted by Crippen LogP contribution is -2.48. The fourth-order valence-corrected chi connectivity index (χ4v) is 1.96. The first-order chi connectivity index (χ1) is 8.62. The highest BCUT2D eigenvalue weighted by Crippen LogP contribution is 2.10. The molecule has 0 saturated carbocycles. The molecule has 0 aliphatic carbocycles. The number of hydrogen-bond donors (Lipinski definition) is 4. The zero-order chi connectivity index (χ0) is 13.7. The minimum Gasteiger partial charge on any atom is -0.389 e. The quantitative estimate of drug-likeness (QED) is 0.307. The summed E-state index contributed by atoms with van der Waals surface area (Å²) < 4.78 is 0. The highest BCUT2D eigenvalue weighted by molar-refractivity contribution is 8.93. The molecule has 0 rings (SSSR count). The van der Waals surface area contributed by atoms with Gasteiger partial charge >= 0.3 is 0 Å². The van der Waals surface area contributed by atoms with E-state index in [1.165, 1.54) is 51.4 Å². The van der Waals surface area contributed by atoms with Crippen LogP contribution in [0.25, 0.3) is 0 Å². The standard InChI is InChI=1S/C14H31NO3.BrH/c1-2-3-4-5-6-7-8-9-10-11-12-15-14(17,18)13-16;/h15-18H,2-13H2,1H3;1H. The van der Waals surface area contributed by atoms with E-state index < -0.39 is 12.5 Å². The molecule has 0 aromatic carbocycles. The van der Waals surface area contributed by atoms with E-state index in [2.05, 4.69) is 12.2 Å². The third-order valence-corrected chi connectivity index (χ3v) is 3.16. The number of aliphatic hydroxyl groups excluding tert-OH is 1. The van der Waals surface area contributed by atoms with Gasteiger partial charge in [-0.1, -0.05) is 64.7 Å². The lowest BCUT2D eigenvalue weighted by molar-refractivity contribution is -0.208. The van der Waals surface area contributed by atoms with Crippen LogP contribution in [0.15, 0.2) is 0 Å². The summed E-state index contributed by atoms with van der Waals surface area (Å²) in [5, 5.41) is 29.2. The molecule has 0 aromatic rings. The first-order valence-electron chi connectivity index (χ1n) is 7.43. The van der Waals surface area contributed by atoms with E-state index in [1.807, 2.05) is 0 Å². The van der Waals surface area contributed by atoms with Gasteiger partial charge in [0.05, 0.1) is 0 Å². The van der Waals surface area contributed by atoms with Gasteiger partial charge in [-0.2, -0.15) is 0 Å². The van der Waals surface area contributed by atoms with E-state index in [9.17, 15) is 0 Å². The second kappa shape index (κ2) is 14.7. The molecule has 0 heterocycles. The maximum atomic E-state index is 9.06. The monoisotopic (exact) mass is 341 g/mol. The average Bonchev–Trinajstić information content (AvgIpc) is 2.36. The van der Waals surface area contributed by atoms with Crippen LogP contribution < -0.4 is 5.32 Å². The van der Waals surface area contributed by atoms with Gasteiger partial charge in [-0.05, 0) is 6.42 Å². The van der Waals surface area contributed by atoms with Gasteiger partial charge in [0.1, 0.15) is 6.61 Å². The smallest absolute Gasteiger partial charge is 0.246 e. The molecule has 4 nitrogen and oxygen atoms in total. The number of aliphatic hydroxyl groups is 3. The normalized spacial score (nSPS) is 11.4. The van der Waals surface area contributed by atoms with Crippen molar-refractivity contribution in [2.24, 2.45) is 0 Å². The molecule has 0 amide bonds. The Morgan fingerprint density at radius 2 is 1.21 bits per heavy atom. The van der Waals surface area contributed by atoms with Gasteiger partial charge in [0, 0.05) is 6.54 Å². The Bertz CT molecular complexity index is 180. The predicted molar refractivity (Wildman–Crippen MR) is 84.4 cm³/mol. The average molecular weight is 342 g/mol. The number of rotatable bonds is 13. The van der Waals surface area contributed by atoms with Crippen molar-refractivity contribution in [3.05, 3.63) is 0 Å². The number of unbranched alkanes of at least 4 members (excludes halogenated alkanes) is 9. The van der Waals surface area contributed by atoms with Crippen molar-refractivity contribution in [1.82, 2.24) is 5.32 Å². The molecule has 0 unspecified atom stereocenters. The van der Waals surface area contributed by atoms with Gasteiger partial charge in [0.25, 0.3) is 0 Å². The fourth-order valence-electron chi connectivity index (χ4n) is 1.96. The van der Waals surface area contributed by atoms with Crippen LogP contribution in [-0.2, 0) is 0 Å². The lowest BCUT2D eigenvalue weighted by atomic mass is 10.1. The summed E-state index contributed by atoms with van der Waals surface area (Å²) in [6, 6.07) is 0. The number of halogens is 1. The summed E-state index contributed by atoms with van der Waals surface area (Å²) in [6.07, 6.45) is 12.6. The molecule has 19 heavy (non-hydrogen) atoms. The van der Waals surface area contributed by atoms with E-state index in [-0.39, 0.29) is 17.0 Å². The fraction of sp³-hybridized carbons (Fsp3) is 1.00. The van der Waals surface area contributed by atoms with Crippen LogP contribution in [0, 0.1) is 0 Å². The van der Waals surface area contributed by atoms with Gasteiger partial charge in [-0.25, -0.2) is 0 Å². The van der Waals surface area contributed by atoms with Crippen molar-refractivity contribution >= 4 is 17.0 Å². The van der Waals surface area contributed by atoms with Crippen LogP contribution in [0.4, 0.5) is 0 Å². The molecule has 4 N–H and O–H groups in total. The Morgan fingerprint density at radius 3 is 1.63 bits per heavy atom. The Kier molecular flexibility index (Phi) is 16.8. The summed E-state index contributed by atoms with van der Waals surface area (Å²) in [4.78, 5) is 0. The number of hydrogen-bond acceptors (Lipinski definition) is 4. The summed E-state index contributed by atoms with van der Waals surface area (Å²) in [6.45, 7) is 2.09. The second-order valence-corrected chi connectivity index (χ2v) is 5.08. The summed E-state index contributed by atoms with van der Waals surface area (Å²) in [5.41, 5.74) is 0. The topological polar surface area (TPSA) is 72.7 Å². The molecule has 118 valence electrons. The van der Waals surface area contributed by atoms with Crippen LogP contribution in [0.2, 0.25) is 0 Å². The number of nitrogens with one attached hydrogen (secondary N) is 1. The Labute approximate surface area is 128 Å². The van der Waals surface area contributed by atoms with Gasteiger partial charge in [-0.15, -0.1) is 17.0 Å². The van der Waals surface area contributed by atoms with E-state index in [0.717, 1.165) is 12.8 Å². The first kappa shape index (κ1) is 21.6. The molecule has 0 atom stereocenters. The first-order valence-corrected chi connectivity index (χ1v) is 7.43. The van der Waals surface area contributed by atoms with E-state index in [1.54, 1.807) is 0 Å². The van der Waals surface area contributed by atoms with Crippen molar-refractivity contribution < 1.29 is 15.3 Å². The van der Waals surface area contributed by atoms with Gasteiger partial charge in [0.2, 0.25) is 5.91 Å². The Hall–Kier alpha value is 0.320. The molecule has 0 aliphatic rings. The molecule has 0 radical (unpaired) electrons. The molecular formula is C14H32BrNO3. The Morgan fingerprint density at radius 1 is 0.789 bits per heavy atom. The van der Waals surface area contributed by atoms with Crippen LogP contribution in [0.5, 0.6) is 0 Å². The van der Waals surface area contributed by atoms with Gasteiger partial charge in [0.15, 0.2) is 0 Å². The van der Waals surface area contributed by atoms with Crippen LogP contribution in [0.1, 0.15) is 71.1 Å². The Balaban J connectivity index is 0. The minimum absolute atomic E-state index is 0. The van der Waals surface area contributed by atoms with Gasteiger partial charge in [-0.3, -0.25) is 5.32 Å². The van der Waals surface area contributed by atoms with Crippen molar-refractivity contribution in [2.75, 3.05) is 13.2 Å². The van der Waals surface area contributed by atoms with E-state index >= 15 is 0 Å². The van der Waals surface area contributed by atoms with E-state index in [4.69, 9.17) is 15.3 Å².